The van der Waals surface area contributed by atoms with E-state index >= 15 is 0 Å². The number of aryl methyl sites for hydroxylation is 1. The van der Waals surface area contributed by atoms with Gasteiger partial charge >= 0.3 is 0 Å². The predicted octanol–water partition coefficient (Wildman–Crippen LogP) is 2.64. The van der Waals surface area contributed by atoms with Gasteiger partial charge in [0.15, 0.2) is 0 Å². The minimum absolute atomic E-state index is 0. The molecule has 2 N–H and O–H groups in total. The lowest BCUT2D eigenvalue weighted by atomic mass is 9.90. The fraction of sp³-hybridized carbons (Fsp3) is 0.588. The van der Waals surface area contributed by atoms with Gasteiger partial charge in [0, 0.05) is 19.5 Å². The molecule has 1 heterocycles. The van der Waals surface area contributed by atoms with Gasteiger partial charge in [0.1, 0.15) is 5.75 Å². The highest BCUT2D eigenvalue weighted by atomic mass is 35.5. The number of hydrogen-bond donors (Lipinski definition) is 1. The van der Waals surface area contributed by atoms with Gasteiger partial charge in [0.25, 0.3) is 0 Å². The first-order valence-corrected chi connectivity index (χ1v) is 7.76. The van der Waals surface area contributed by atoms with Crippen LogP contribution in [0, 0.1) is 5.41 Å². The SMILES string of the molecule is CCOc1ccccc1CCC(=O)N1CCC(C)(CN)C1.Cl. The number of carbonyl (C=O) groups is 1. The molecule has 1 fully saturated rings. The molecule has 0 saturated carbocycles. The Morgan fingerprint density at radius 3 is 2.77 bits per heavy atom. The lowest BCUT2D eigenvalue weighted by Crippen LogP contribution is -2.34. The van der Waals surface area contributed by atoms with Crippen LogP contribution >= 0.6 is 12.4 Å². The maximum absolute atomic E-state index is 12.3. The Bertz CT molecular complexity index is 495. The molecule has 0 bridgehead atoms. The molecule has 22 heavy (non-hydrogen) atoms. The second-order valence-electron chi connectivity index (χ2n) is 6.12. The topological polar surface area (TPSA) is 55.6 Å². The van der Waals surface area contributed by atoms with E-state index in [9.17, 15) is 4.79 Å². The highest BCUT2D eigenvalue weighted by Crippen LogP contribution is 2.29. The molecule has 124 valence electrons. The fourth-order valence-electron chi connectivity index (χ4n) is 2.81. The van der Waals surface area contributed by atoms with Gasteiger partial charge in [-0.3, -0.25) is 4.79 Å². The van der Waals surface area contributed by atoms with Gasteiger partial charge in [0.05, 0.1) is 6.61 Å². The molecule has 2 rings (SSSR count). The summed E-state index contributed by atoms with van der Waals surface area (Å²) < 4.78 is 5.60. The van der Waals surface area contributed by atoms with E-state index < -0.39 is 0 Å². The van der Waals surface area contributed by atoms with E-state index in [1.807, 2.05) is 36.1 Å². The first kappa shape index (κ1) is 18.8. The maximum Gasteiger partial charge on any atom is 0.222 e. The summed E-state index contributed by atoms with van der Waals surface area (Å²) in [5, 5.41) is 0. The monoisotopic (exact) mass is 326 g/mol. The van der Waals surface area contributed by atoms with Crippen LogP contribution in [0.3, 0.4) is 0 Å². The lowest BCUT2D eigenvalue weighted by molar-refractivity contribution is -0.130. The van der Waals surface area contributed by atoms with E-state index in [1.165, 1.54) is 0 Å². The number of benzene rings is 1. The van der Waals surface area contributed by atoms with Gasteiger partial charge in [-0.25, -0.2) is 0 Å². The summed E-state index contributed by atoms with van der Waals surface area (Å²) in [4.78, 5) is 14.3. The van der Waals surface area contributed by atoms with Crippen LogP contribution in [0.25, 0.3) is 0 Å². The van der Waals surface area contributed by atoms with Crippen molar-refractivity contribution in [3.63, 3.8) is 0 Å². The van der Waals surface area contributed by atoms with E-state index in [-0.39, 0.29) is 23.7 Å². The molecule has 0 aromatic heterocycles. The first-order chi connectivity index (χ1) is 10.1. The number of para-hydroxylation sites is 1. The summed E-state index contributed by atoms with van der Waals surface area (Å²) in [6.45, 7) is 7.04. The van der Waals surface area contributed by atoms with Crippen LogP contribution in [0.15, 0.2) is 24.3 Å². The van der Waals surface area contributed by atoms with Gasteiger partial charge < -0.3 is 15.4 Å². The van der Waals surface area contributed by atoms with E-state index in [2.05, 4.69) is 6.92 Å². The Kier molecular flexibility index (Phi) is 7.17. The third kappa shape index (κ3) is 4.62. The van der Waals surface area contributed by atoms with E-state index in [0.29, 0.717) is 19.6 Å². The molecule has 0 spiro atoms. The Morgan fingerprint density at radius 1 is 1.41 bits per heavy atom. The van der Waals surface area contributed by atoms with Crippen LogP contribution in [-0.4, -0.2) is 37.0 Å². The van der Waals surface area contributed by atoms with E-state index in [0.717, 1.165) is 37.2 Å². The van der Waals surface area contributed by atoms with Crippen molar-refractivity contribution in [3.8, 4) is 5.75 Å². The number of halogens is 1. The molecule has 1 aromatic carbocycles. The van der Waals surface area contributed by atoms with Crippen LogP contribution in [0.5, 0.6) is 5.75 Å². The Labute approximate surface area is 139 Å². The largest absolute Gasteiger partial charge is 0.494 e. The van der Waals surface area contributed by atoms with Crippen molar-refractivity contribution < 1.29 is 9.53 Å². The van der Waals surface area contributed by atoms with Gasteiger partial charge in [0.2, 0.25) is 5.91 Å². The second-order valence-corrected chi connectivity index (χ2v) is 6.12. The standard InChI is InChI=1S/C17H26N2O2.ClH/c1-3-21-15-7-5-4-6-14(15)8-9-16(20)19-11-10-17(2,12-18)13-19;/h4-7H,3,8-13,18H2,1-2H3;1H. The molecule has 1 aromatic rings. The van der Waals surface area contributed by atoms with Crippen molar-refractivity contribution in [2.75, 3.05) is 26.2 Å². The molecule has 4 nitrogen and oxygen atoms in total. The van der Waals surface area contributed by atoms with E-state index in [1.54, 1.807) is 0 Å². The summed E-state index contributed by atoms with van der Waals surface area (Å²) in [7, 11) is 0. The number of nitrogens with zero attached hydrogens (tertiary/aromatic N) is 1. The van der Waals surface area contributed by atoms with Crippen molar-refractivity contribution >= 4 is 18.3 Å². The maximum atomic E-state index is 12.3. The van der Waals surface area contributed by atoms with Crippen molar-refractivity contribution in [1.29, 1.82) is 0 Å². The quantitative estimate of drug-likeness (QED) is 0.874. The Hall–Kier alpha value is -1.26. The van der Waals surface area contributed by atoms with Gasteiger partial charge in [-0.05, 0) is 43.4 Å². The van der Waals surface area contributed by atoms with Crippen LogP contribution in [-0.2, 0) is 11.2 Å². The molecule has 1 saturated heterocycles. The molecular weight excluding hydrogens is 300 g/mol. The highest BCUT2D eigenvalue weighted by molar-refractivity contribution is 5.85. The Morgan fingerprint density at radius 2 is 2.14 bits per heavy atom. The average molecular weight is 327 g/mol. The van der Waals surface area contributed by atoms with E-state index in [4.69, 9.17) is 10.5 Å². The molecule has 1 aliphatic rings. The first-order valence-electron chi connectivity index (χ1n) is 7.76. The molecule has 1 aliphatic heterocycles. The average Bonchev–Trinajstić information content (AvgIpc) is 2.90. The van der Waals surface area contributed by atoms with Gasteiger partial charge in [-0.2, -0.15) is 0 Å². The number of nitrogens with two attached hydrogens (primary N) is 1. The number of amides is 1. The number of ether oxygens (including phenoxy) is 1. The third-order valence-electron chi connectivity index (χ3n) is 4.28. The molecule has 1 unspecified atom stereocenters. The zero-order valence-corrected chi connectivity index (χ0v) is 14.3. The normalized spacial score (nSPS) is 20.6. The summed E-state index contributed by atoms with van der Waals surface area (Å²) in [5.41, 5.74) is 7.00. The predicted molar refractivity (Wildman–Crippen MR) is 91.5 cm³/mol. The summed E-state index contributed by atoms with van der Waals surface area (Å²) in [5.74, 6) is 1.11. The number of carbonyl (C=O) groups excluding carboxylic acids is 1. The number of likely N-dealkylation sites (tertiary alicyclic amines) is 1. The molecule has 1 amide bonds. The summed E-state index contributed by atoms with van der Waals surface area (Å²) in [6.07, 6.45) is 2.26. The van der Waals surface area contributed by atoms with Crippen LogP contribution in [0.1, 0.15) is 32.3 Å². The van der Waals surface area contributed by atoms with Crippen LogP contribution in [0.2, 0.25) is 0 Å². The second kappa shape index (κ2) is 8.39. The molecular formula is C17H27ClN2O2. The molecule has 1 atom stereocenters. The minimum atomic E-state index is 0. The fourth-order valence-corrected chi connectivity index (χ4v) is 2.81. The minimum Gasteiger partial charge on any atom is -0.494 e. The van der Waals surface area contributed by atoms with Crippen molar-refractivity contribution in [2.45, 2.75) is 33.1 Å². The Balaban J connectivity index is 0.00000242. The van der Waals surface area contributed by atoms with Gasteiger partial charge in [-0.15, -0.1) is 12.4 Å². The zero-order valence-electron chi connectivity index (χ0n) is 13.5. The van der Waals surface area contributed by atoms with Crippen molar-refractivity contribution in [3.05, 3.63) is 29.8 Å². The number of rotatable bonds is 6. The highest BCUT2D eigenvalue weighted by Gasteiger charge is 2.34. The number of hydrogen-bond acceptors (Lipinski definition) is 3. The third-order valence-corrected chi connectivity index (χ3v) is 4.28. The summed E-state index contributed by atoms with van der Waals surface area (Å²) >= 11 is 0. The zero-order chi connectivity index (χ0) is 15.3. The molecule has 0 radical (unpaired) electrons. The van der Waals surface area contributed by atoms with Crippen LogP contribution < -0.4 is 10.5 Å². The van der Waals surface area contributed by atoms with Gasteiger partial charge in [-0.1, -0.05) is 25.1 Å². The summed E-state index contributed by atoms with van der Waals surface area (Å²) in [6, 6.07) is 7.95. The molecule has 5 heteroatoms. The smallest absolute Gasteiger partial charge is 0.222 e. The van der Waals surface area contributed by atoms with Crippen molar-refractivity contribution in [1.82, 2.24) is 4.90 Å². The van der Waals surface area contributed by atoms with Crippen molar-refractivity contribution in [2.24, 2.45) is 11.1 Å². The van der Waals surface area contributed by atoms with Crippen LogP contribution in [0.4, 0.5) is 0 Å². The molecule has 0 aliphatic carbocycles. The lowest BCUT2D eigenvalue weighted by Gasteiger charge is -2.22.